The van der Waals surface area contributed by atoms with Gasteiger partial charge >= 0.3 is 0 Å². The minimum Gasteiger partial charge on any atom is -0.483 e. The molecular weight excluding hydrogens is 480 g/mol. The van der Waals surface area contributed by atoms with Gasteiger partial charge in [0.2, 0.25) is 5.91 Å². The topological polar surface area (TPSA) is 150 Å². The van der Waals surface area contributed by atoms with E-state index in [0.29, 0.717) is 18.5 Å². The quantitative estimate of drug-likeness (QED) is 0.348. The first-order valence-electron chi connectivity index (χ1n) is 13.2. The Balaban J connectivity index is 0.000000733. The fourth-order valence-corrected chi connectivity index (χ4v) is 6.01. The molecule has 3 aliphatic rings. The summed E-state index contributed by atoms with van der Waals surface area (Å²) in [5.41, 5.74) is -0.225. The second-order valence-electron chi connectivity index (χ2n) is 9.84. The lowest BCUT2D eigenvalue weighted by Gasteiger charge is -2.53. The highest BCUT2D eigenvalue weighted by Crippen LogP contribution is 2.47. The molecule has 3 heterocycles. The van der Waals surface area contributed by atoms with Crippen molar-refractivity contribution in [2.75, 3.05) is 52.5 Å². The van der Waals surface area contributed by atoms with E-state index in [1.807, 2.05) is 18.5 Å². The summed E-state index contributed by atoms with van der Waals surface area (Å²) in [5.74, 6) is 2.51. The zero-order valence-corrected chi connectivity index (χ0v) is 22.5. The zero-order chi connectivity index (χ0) is 27.3. The van der Waals surface area contributed by atoms with Gasteiger partial charge in [-0.2, -0.15) is 5.10 Å². The normalized spacial score (nSPS) is 25.9. The minimum absolute atomic E-state index is 0.225. The van der Waals surface area contributed by atoms with Crippen LogP contribution in [0.3, 0.4) is 0 Å². The summed E-state index contributed by atoms with van der Waals surface area (Å²) in [6.07, 6.45) is 5.30. The van der Waals surface area contributed by atoms with Gasteiger partial charge in [0.05, 0.1) is 18.6 Å². The molecule has 0 spiro atoms. The fourth-order valence-electron chi connectivity index (χ4n) is 6.01. The number of amides is 1. The van der Waals surface area contributed by atoms with Crippen LogP contribution in [0.15, 0.2) is 0 Å². The van der Waals surface area contributed by atoms with Gasteiger partial charge in [0.25, 0.3) is 12.9 Å². The van der Waals surface area contributed by atoms with Crippen molar-refractivity contribution < 1.29 is 29.3 Å². The molecule has 3 N–H and O–H groups in total. The number of carbonyl (C=O) groups is 3. The van der Waals surface area contributed by atoms with E-state index in [4.69, 9.17) is 24.5 Å². The highest BCUT2D eigenvalue weighted by Gasteiger charge is 2.52. The maximum absolute atomic E-state index is 13.6. The van der Waals surface area contributed by atoms with Crippen molar-refractivity contribution in [3.63, 3.8) is 0 Å². The number of aromatic nitrogens is 3. The zero-order valence-electron chi connectivity index (χ0n) is 22.5. The van der Waals surface area contributed by atoms with Crippen LogP contribution in [-0.4, -0.2) is 112 Å². The number of nitrogens with zero attached hydrogens (tertiary/aromatic N) is 5. The summed E-state index contributed by atoms with van der Waals surface area (Å²) >= 11 is 0. The van der Waals surface area contributed by atoms with Gasteiger partial charge in [-0.1, -0.05) is 6.92 Å². The fraction of sp³-hybridized carbons (Fsp3) is 0.800. The van der Waals surface area contributed by atoms with E-state index in [1.54, 1.807) is 0 Å². The molecule has 1 aromatic rings. The van der Waals surface area contributed by atoms with E-state index in [9.17, 15) is 4.79 Å². The number of morpholine rings is 1. The van der Waals surface area contributed by atoms with Crippen LogP contribution in [0.25, 0.3) is 0 Å². The Bertz CT molecular complexity index is 840. The van der Waals surface area contributed by atoms with Crippen molar-refractivity contribution in [1.29, 1.82) is 0 Å². The van der Waals surface area contributed by atoms with Crippen LogP contribution < -0.4 is 5.32 Å². The van der Waals surface area contributed by atoms with Crippen molar-refractivity contribution in [3.05, 3.63) is 11.6 Å². The summed E-state index contributed by atoms with van der Waals surface area (Å²) < 4.78 is 7.50. The van der Waals surface area contributed by atoms with E-state index in [2.05, 4.69) is 32.1 Å². The number of piperidine rings is 1. The second kappa shape index (κ2) is 15.6. The first kappa shape index (κ1) is 30.7. The largest absolute Gasteiger partial charge is 0.483 e. The van der Waals surface area contributed by atoms with Crippen LogP contribution in [-0.2, 0) is 25.7 Å². The van der Waals surface area contributed by atoms with Crippen molar-refractivity contribution in [1.82, 2.24) is 29.9 Å². The van der Waals surface area contributed by atoms with Gasteiger partial charge < -0.3 is 25.2 Å². The van der Waals surface area contributed by atoms with E-state index in [1.165, 1.54) is 0 Å². The van der Waals surface area contributed by atoms with E-state index in [-0.39, 0.29) is 24.3 Å². The summed E-state index contributed by atoms with van der Waals surface area (Å²) in [5, 5.41) is 21.5. The number of fused-ring (bicyclic) bond motifs is 1. The molecule has 3 atom stereocenters. The van der Waals surface area contributed by atoms with Crippen LogP contribution in [0, 0.1) is 25.2 Å². The van der Waals surface area contributed by atoms with Crippen molar-refractivity contribution in [2.45, 2.75) is 65.5 Å². The standard InChI is InChI=1S/C23H40N6O2.2CH2O2/c1-4-27-11-7-20-16-21(28-12-14-31-15-13-28)6-8-23(20,17-27)22(30)24-9-5-10-29-19(3)25-18(2)26-29;2*2-1-3/h20-21H,4-17H2,1-3H3,(H,24,30);2*1H,(H,2,3)/t20-,21+,23-;;/m1../s1. The van der Waals surface area contributed by atoms with Gasteiger partial charge in [-0.3, -0.25) is 24.0 Å². The second-order valence-corrected chi connectivity index (χ2v) is 9.84. The molecule has 0 radical (unpaired) electrons. The third-order valence-corrected chi connectivity index (χ3v) is 7.82. The van der Waals surface area contributed by atoms with Crippen molar-refractivity contribution >= 4 is 18.9 Å². The molecule has 37 heavy (non-hydrogen) atoms. The number of likely N-dealkylation sites (tertiary alicyclic amines) is 1. The summed E-state index contributed by atoms with van der Waals surface area (Å²) in [7, 11) is 0. The van der Waals surface area contributed by atoms with E-state index in [0.717, 1.165) is 96.2 Å². The Kier molecular flexibility index (Phi) is 12.9. The lowest BCUT2D eigenvalue weighted by atomic mass is 9.61. The summed E-state index contributed by atoms with van der Waals surface area (Å²) in [4.78, 5) is 39.7. The Hall–Kier alpha value is -2.57. The lowest BCUT2D eigenvalue weighted by Crippen LogP contribution is -2.60. The van der Waals surface area contributed by atoms with Gasteiger partial charge in [0, 0.05) is 38.8 Å². The van der Waals surface area contributed by atoms with Crippen LogP contribution >= 0.6 is 0 Å². The van der Waals surface area contributed by atoms with Crippen LogP contribution in [0.5, 0.6) is 0 Å². The molecule has 1 saturated carbocycles. The number of rotatable bonds is 7. The lowest BCUT2D eigenvalue weighted by molar-refractivity contribution is -0.145. The number of ether oxygens (including phenoxy) is 1. The molecule has 12 heteroatoms. The smallest absolute Gasteiger partial charge is 0.290 e. The molecule has 2 aliphatic heterocycles. The first-order chi connectivity index (χ1) is 17.8. The number of aryl methyl sites for hydroxylation is 3. The molecule has 0 unspecified atom stereocenters. The monoisotopic (exact) mass is 524 g/mol. The van der Waals surface area contributed by atoms with Gasteiger partial charge in [0.1, 0.15) is 11.6 Å². The number of carbonyl (C=O) groups excluding carboxylic acids is 1. The Morgan fingerprint density at radius 3 is 2.43 bits per heavy atom. The van der Waals surface area contributed by atoms with Gasteiger partial charge in [-0.05, 0) is 65.0 Å². The highest BCUT2D eigenvalue weighted by molar-refractivity contribution is 5.83. The van der Waals surface area contributed by atoms with Crippen molar-refractivity contribution in [3.8, 4) is 0 Å². The Morgan fingerprint density at radius 1 is 1.16 bits per heavy atom. The average Bonchev–Trinajstić information content (AvgIpc) is 3.23. The van der Waals surface area contributed by atoms with Crippen molar-refractivity contribution in [2.24, 2.45) is 11.3 Å². The Labute approximate surface area is 219 Å². The Morgan fingerprint density at radius 2 is 1.84 bits per heavy atom. The van der Waals surface area contributed by atoms with E-state index >= 15 is 0 Å². The molecule has 2 saturated heterocycles. The van der Waals surface area contributed by atoms with Crippen LogP contribution in [0.1, 0.15) is 50.7 Å². The predicted molar refractivity (Wildman–Crippen MR) is 137 cm³/mol. The molecule has 210 valence electrons. The molecule has 1 aromatic heterocycles. The van der Waals surface area contributed by atoms with Crippen LogP contribution in [0.4, 0.5) is 0 Å². The molecule has 1 aliphatic carbocycles. The molecule has 12 nitrogen and oxygen atoms in total. The SMILES string of the molecule is CCN1CC[C@@H]2C[C@@H](N3CCOCC3)CC[C@@]2(C(=O)NCCCn2nc(C)nc2C)C1.O=CO.O=CO. The summed E-state index contributed by atoms with van der Waals surface area (Å²) in [6, 6.07) is 0.613. The number of hydrogen-bond acceptors (Lipinski definition) is 8. The maximum atomic E-state index is 13.6. The third kappa shape index (κ3) is 8.47. The molecule has 0 bridgehead atoms. The van der Waals surface area contributed by atoms with E-state index < -0.39 is 0 Å². The molecule has 3 fully saturated rings. The molecule has 4 rings (SSSR count). The first-order valence-corrected chi connectivity index (χ1v) is 13.2. The molecule has 0 aromatic carbocycles. The summed E-state index contributed by atoms with van der Waals surface area (Å²) in [6.45, 7) is 14.0. The third-order valence-electron chi connectivity index (χ3n) is 7.82. The number of nitrogens with one attached hydrogen (secondary N) is 1. The number of hydrogen-bond donors (Lipinski definition) is 3. The number of carboxylic acid groups (broad SMARTS) is 2. The highest BCUT2D eigenvalue weighted by atomic mass is 16.5. The van der Waals surface area contributed by atoms with Gasteiger partial charge in [0.15, 0.2) is 0 Å². The van der Waals surface area contributed by atoms with Crippen LogP contribution in [0.2, 0.25) is 0 Å². The molecular formula is C25H44N6O6. The predicted octanol–water partition coefficient (Wildman–Crippen LogP) is 1.02. The van der Waals surface area contributed by atoms with Gasteiger partial charge in [-0.15, -0.1) is 0 Å². The molecule has 1 amide bonds. The van der Waals surface area contributed by atoms with Gasteiger partial charge in [-0.25, -0.2) is 4.98 Å². The average molecular weight is 525 g/mol. The maximum Gasteiger partial charge on any atom is 0.290 e. The minimum atomic E-state index is -0.250.